The van der Waals surface area contributed by atoms with Crippen molar-refractivity contribution < 1.29 is 23.9 Å². The van der Waals surface area contributed by atoms with Crippen molar-refractivity contribution in [3.63, 3.8) is 0 Å². The molecule has 198 valence electrons. The van der Waals surface area contributed by atoms with Crippen LogP contribution in [0.5, 0.6) is 0 Å². The summed E-state index contributed by atoms with van der Waals surface area (Å²) in [5.41, 5.74) is 14.5. The van der Waals surface area contributed by atoms with Crippen LogP contribution in [0.25, 0.3) is 11.0 Å². The lowest BCUT2D eigenvalue weighted by molar-refractivity contribution is -0.146. The number of hydrogen-bond acceptors (Lipinski definition) is 10. The Kier molecular flexibility index (Phi) is 9.25. The highest BCUT2D eigenvalue weighted by Gasteiger charge is 2.24. The van der Waals surface area contributed by atoms with Gasteiger partial charge in [0, 0.05) is 37.5 Å². The topological polar surface area (TPSA) is 179 Å². The Morgan fingerprint density at radius 3 is 2.46 bits per heavy atom. The smallest absolute Gasteiger partial charge is 0.328 e. The number of hydrogen-bond donors (Lipinski definition) is 4. The minimum absolute atomic E-state index is 0.0110. The molecular formula is C25H33N7O5. The Morgan fingerprint density at radius 2 is 1.78 bits per heavy atom. The molecular weight excluding hydrogens is 478 g/mol. The Hall–Kier alpha value is -4.35. The minimum atomic E-state index is -0.956. The van der Waals surface area contributed by atoms with Gasteiger partial charge in [0.2, 0.25) is 5.95 Å². The second-order valence-electron chi connectivity index (χ2n) is 8.34. The van der Waals surface area contributed by atoms with E-state index < -0.39 is 23.9 Å². The van der Waals surface area contributed by atoms with E-state index in [-0.39, 0.29) is 32.0 Å². The molecule has 0 aliphatic rings. The van der Waals surface area contributed by atoms with Gasteiger partial charge in [-0.2, -0.15) is 9.97 Å². The number of benzene rings is 1. The number of esters is 2. The van der Waals surface area contributed by atoms with E-state index >= 15 is 0 Å². The summed E-state index contributed by atoms with van der Waals surface area (Å²) >= 11 is 0. The second kappa shape index (κ2) is 12.6. The van der Waals surface area contributed by atoms with Crippen molar-refractivity contribution in [2.75, 3.05) is 43.2 Å². The maximum Gasteiger partial charge on any atom is 0.328 e. The number of carbonyl (C=O) groups excluding carboxylic acids is 3. The molecule has 6 N–H and O–H groups in total. The molecule has 0 saturated heterocycles. The number of rotatable bonds is 12. The number of ether oxygens (including phenoxy) is 2. The monoisotopic (exact) mass is 511 g/mol. The van der Waals surface area contributed by atoms with Crippen molar-refractivity contribution in [1.82, 2.24) is 20.3 Å². The van der Waals surface area contributed by atoms with Gasteiger partial charge in [-0.15, -0.1) is 0 Å². The van der Waals surface area contributed by atoms with Gasteiger partial charge in [-0.1, -0.05) is 0 Å². The van der Waals surface area contributed by atoms with Crippen LogP contribution >= 0.6 is 0 Å². The summed E-state index contributed by atoms with van der Waals surface area (Å²) in [5.74, 6) is -1.02. The largest absolute Gasteiger partial charge is 0.466 e. The summed E-state index contributed by atoms with van der Waals surface area (Å²) < 4.78 is 9.95. The Bertz CT molecular complexity index is 1240. The lowest BCUT2D eigenvalue weighted by Gasteiger charge is -2.20. The first kappa shape index (κ1) is 27.2. The van der Waals surface area contributed by atoms with Crippen LogP contribution in [0.4, 0.5) is 17.5 Å². The van der Waals surface area contributed by atoms with E-state index in [9.17, 15) is 14.4 Å². The molecule has 0 fully saturated rings. The van der Waals surface area contributed by atoms with Crippen molar-refractivity contribution in [3.8, 4) is 0 Å². The number of likely N-dealkylation sites (N-methyl/N-ethyl adjacent to an activating group) is 1. The normalized spacial score (nSPS) is 11.6. The number of aromatic amines is 1. The van der Waals surface area contributed by atoms with Crippen molar-refractivity contribution in [2.45, 2.75) is 39.2 Å². The van der Waals surface area contributed by atoms with E-state index in [4.69, 9.17) is 20.9 Å². The number of fused-ring (bicyclic) bond motifs is 1. The van der Waals surface area contributed by atoms with Crippen LogP contribution in [0.2, 0.25) is 0 Å². The molecule has 2 aromatic heterocycles. The van der Waals surface area contributed by atoms with Gasteiger partial charge in [0.25, 0.3) is 5.91 Å². The van der Waals surface area contributed by atoms with Gasteiger partial charge in [-0.3, -0.25) is 9.59 Å². The lowest BCUT2D eigenvalue weighted by atomic mass is 10.1. The molecule has 0 bridgehead atoms. The van der Waals surface area contributed by atoms with Gasteiger partial charge in [0.15, 0.2) is 0 Å². The van der Waals surface area contributed by atoms with Crippen LogP contribution in [0, 0.1) is 0 Å². The summed E-state index contributed by atoms with van der Waals surface area (Å²) in [6.07, 6.45) is 2.60. The summed E-state index contributed by atoms with van der Waals surface area (Å²) in [5, 5.41) is 3.42. The molecule has 0 radical (unpaired) electrons. The maximum atomic E-state index is 12.8. The SMILES string of the molecule is CCOC(=O)CC[C@@H](NC(=O)c1ccc(N(C)CCc2c[nH]c3nc(N)nc(N)c23)cc1)C(=O)OCC. The van der Waals surface area contributed by atoms with Crippen molar-refractivity contribution in [1.29, 1.82) is 0 Å². The van der Waals surface area contributed by atoms with Crippen LogP contribution in [-0.4, -0.2) is 65.6 Å². The first-order chi connectivity index (χ1) is 17.7. The maximum absolute atomic E-state index is 12.8. The fourth-order valence-corrected chi connectivity index (χ4v) is 3.86. The van der Waals surface area contributed by atoms with Gasteiger partial charge in [0.05, 0.1) is 18.6 Å². The highest BCUT2D eigenvalue weighted by Crippen LogP contribution is 2.24. The van der Waals surface area contributed by atoms with Crippen molar-refractivity contribution >= 4 is 46.3 Å². The van der Waals surface area contributed by atoms with E-state index in [1.54, 1.807) is 26.0 Å². The molecule has 3 aromatic rings. The number of nitrogen functional groups attached to an aromatic ring is 2. The second-order valence-corrected chi connectivity index (χ2v) is 8.34. The zero-order chi connectivity index (χ0) is 26.9. The Labute approximate surface area is 214 Å². The van der Waals surface area contributed by atoms with Crippen molar-refractivity contribution in [3.05, 3.63) is 41.6 Å². The highest BCUT2D eigenvalue weighted by atomic mass is 16.5. The molecule has 1 amide bonds. The quantitative estimate of drug-likeness (QED) is 0.262. The minimum Gasteiger partial charge on any atom is -0.466 e. The average molecular weight is 512 g/mol. The molecule has 0 unspecified atom stereocenters. The molecule has 37 heavy (non-hydrogen) atoms. The average Bonchev–Trinajstić information content (AvgIpc) is 3.28. The number of nitrogens with two attached hydrogens (primary N) is 2. The zero-order valence-corrected chi connectivity index (χ0v) is 21.2. The lowest BCUT2D eigenvalue weighted by Crippen LogP contribution is -2.42. The van der Waals surface area contributed by atoms with Crippen LogP contribution < -0.4 is 21.7 Å². The van der Waals surface area contributed by atoms with E-state index in [1.165, 1.54) is 0 Å². The van der Waals surface area contributed by atoms with Gasteiger partial charge >= 0.3 is 11.9 Å². The van der Waals surface area contributed by atoms with Crippen LogP contribution in [0.15, 0.2) is 30.5 Å². The van der Waals surface area contributed by atoms with E-state index in [1.807, 2.05) is 30.3 Å². The molecule has 12 heteroatoms. The fraction of sp³-hybridized carbons (Fsp3) is 0.400. The number of nitrogens with one attached hydrogen (secondary N) is 2. The molecule has 0 aliphatic heterocycles. The predicted octanol–water partition coefficient (Wildman–Crippen LogP) is 1.81. The number of carbonyl (C=O) groups is 3. The number of anilines is 3. The summed E-state index contributed by atoms with van der Waals surface area (Å²) in [4.78, 5) is 50.1. The summed E-state index contributed by atoms with van der Waals surface area (Å²) in [6, 6.07) is 6.03. The van der Waals surface area contributed by atoms with Gasteiger partial charge in [-0.05, 0) is 56.5 Å². The summed E-state index contributed by atoms with van der Waals surface area (Å²) in [6.45, 7) is 4.45. The Balaban J connectivity index is 1.61. The van der Waals surface area contributed by atoms with Crippen LogP contribution in [0.3, 0.4) is 0 Å². The molecule has 0 saturated carbocycles. The van der Waals surface area contributed by atoms with Crippen molar-refractivity contribution in [2.24, 2.45) is 0 Å². The number of H-pyrrole nitrogens is 1. The Morgan fingerprint density at radius 1 is 1.08 bits per heavy atom. The first-order valence-corrected chi connectivity index (χ1v) is 12.1. The van der Waals surface area contributed by atoms with E-state index in [0.717, 1.165) is 16.6 Å². The highest BCUT2D eigenvalue weighted by molar-refractivity contribution is 5.97. The van der Waals surface area contributed by atoms with Gasteiger partial charge < -0.3 is 36.1 Å². The summed E-state index contributed by atoms with van der Waals surface area (Å²) in [7, 11) is 1.94. The first-order valence-electron chi connectivity index (χ1n) is 12.1. The third-order valence-corrected chi connectivity index (χ3v) is 5.76. The third-order valence-electron chi connectivity index (χ3n) is 5.76. The third kappa shape index (κ3) is 7.09. The zero-order valence-electron chi connectivity index (χ0n) is 21.2. The van der Waals surface area contributed by atoms with Gasteiger partial charge in [0.1, 0.15) is 17.5 Å². The fourth-order valence-electron chi connectivity index (χ4n) is 3.86. The van der Waals surface area contributed by atoms with Crippen LogP contribution in [0.1, 0.15) is 42.6 Å². The number of aromatic nitrogens is 3. The molecule has 2 heterocycles. The molecule has 1 aromatic carbocycles. The van der Waals surface area contributed by atoms with Crippen LogP contribution in [-0.2, 0) is 25.5 Å². The molecule has 1 atom stereocenters. The molecule has 3 rings (SSSR count). The number of nitrogens with zero attached hydrogens (tertiary/aromatic N) is 3. The van der Waals surface area contributed by atoms with E-state index in [2.05, 4.69) is 20.3 Å². The molecule has 12 nitrogen and oxygen atoms in total. The number of amides is 1. The van der Waals surface area contributed by atoms with E-state index in [0.29, 0.717) is 30.0 Å². The predicted molar refractivity (Wildman–Crippen MR) is 140 cm³/mol. The molecule has 0 spiro atoms. The molecule has 0 aliphatic carbocycles. The van der Waals surface area contributed by atoms with Gasteiger partial charge in [-0.25, -0.2) is 4.79 Å². The standard InChI is InChI=1S/C25H33N7O5/c1-4-36-19(33)11-10-18(24(35)37-5-2)29-23(34)15-6-8-17(9-7-15)32(3)13-12-16-14-28-22-20(16)21(26)30-25(27)31-22/h6-9,14,18H,4-5,10-13H2,1-3H3,(H,29,34)(H5,26,27,28,30,31)/t18-/m1/s1.